The normalized spacial score (nSPS) is 10.4. The van der Waals surface area contributed by atoms with Crippen LogP contribution in [0.5, 0.6) is 5.75 Å². The van der Waals surface area contributed by atoms with E-state index in [0.717, 1.165) is 29.8 Å². The van der Waals surface area contributed by atoms with E-state index in [2.05, 4.69) is 15.3 Å². The summed E-state index contributed by atoms with van der Waals surface area (Å²) < 4.78 is 5.15. The molecular weight excluding hydrogens is 340 g/mol. The first-order valence-corrected chi connectivity index (χ1v) is 8.75. The number of aromatic nitrogens is 2. The molecule has 0 fully saturated rings. The minimum atomic E-state index is -0.126. The Morgan fingerprint density at radius 2 is 1.85 bits per heavy atom. The van der Waals surface area contributed by atoms with Crippen LogP contribution in [0.3, 0.4) is 0 Å². The lowest BCUT2D eigenvalue weighted by Gasteiger charge is -2.07. The van der Waals surface area contributed by atoms with Crippen molar-refractivity contribution in [3.05, 3.63) is 72.1 Å². The van der Waals surface area contributed by atoms with Gasteiger partial charge >= 0.3 is 0 Å². The number of nitrogens with zero attached hydrogens (tertiary/aromatic N) is 2. The molecule has 138 valence electrons. The fourth-order valence-corrected chi connectivity index (χ4v) is 2.64. The molecule has 27 heavy (non-hydrogen) atoms. The van der Waals surface area contributed by atoms with Gasteiger partial charge in [-0.15, -0.1) is 0 Å². The Bertz CT molecular complexity index is 876. The number of aryl methyl sites for hydroxylation is 1. The standard InChI is InChI=1S/C21H22N4O2/c1-27-18-8-4-15(5-9-18)3-2-12-23-21(26)17-6-10-19(24-14-17)16-7-11-20(22)25-13-16/h4-11,13-14H,2-3,12H2,1H3,(H2,22,25)(H,23,26). The Morgan fingerprint density at radius 1 is 1.04 bits per heavy atom. The summed E-state index contributed by atoms with van der Waals surface area (Å²) in [5.74, 6) is 1.18. The number of nitrogens with two attached hydrogens (primary N) is 1. The second-order valence-electron chi connectivity index (χ2n) is 6.11. The van der Waals surface area contributed by atoms with Gasteiger partial charge in [-0.25, -0.2) is 4.98 Å². The van der Waals surface area contributed by atoms with Crippen LogP contribution in [0.1, 0.15) is 22.3 Å². The minimum Gasteiger partial charge on any atom is -0.497 e. The lowest BCUT2D eigenvalue weighted by atomic mass is 10.1. The summed E-state index contributed by atoms with van der Waals surface area (Å²) in [5.41, 5.74) is 8.94. The highest BCUT2D eigenvalue weighted by molar-refractivity contribution is 5.94. The van der Waals surface area contributed by atoms with Crippen molar-refractivity contribution in [1.82, 2.24) is 15.3 Å². The molecule has 2 aromatic heterocycles. The quantitative estimate of drug-likeness (QED) is 0.630. The molecule has 6 nitrogen and oxygen atoms in total. The molecule has 3 aromatic rings. The number of nitrogens with one attached hydrogen (secondary N) is 1. The highest BCUT2D eigenvalue weighted by Gasteiger charge is 2.07. The van der Waals surface area contributed by atoms with Crippen molar-refractivity contribution >= 4 is 11.7 Å². The first-order valence-electron chi connectivity index (χ1n) is 8.75. The first kappa shape index (κ1) is 18.4. The average Bonchev–Trinajstić information content (AvgIpc) is 2.72. The summed E-state index contributed by atoms with van der Waals surface area (Å²) >= 11 is 0. The van der Waals surface area contributed by atoms with Crippen molar-refractivity contribution in [2.45, 2.75) is 12.8 Å². The number of ether oxygens (including phenoxy) is 1. The molecule has 1 amide bonds. The number of benzene rings is 1. The summed E-state index contributed by atoms with van der Waals surface area (Å²) in [6, 6.07) is 15.1. The number of carbonyl (C=O) groups excluding carboxylic acids is 1. The Morgan fingerprint density at radius 3 is 2.48 bits per heavy atom. The van der Waals surface area contributed by atoms with Gasteiger partial charge in [0.25, 0.3) is 5.91 Å². The first-order chi connectivity index (χ1) is 13.2. The zero-order valence-corrected chi connectivity index (χ0v) is 15.2. The molecule has 0 saturated carbocycles. The average molecular weight is 362 g/mol. The van der Waals surface area contributed by atoms with Crippen molar-refractivity contribution in [2.24, 2.45) is 0 Å². The molecule has 2 heterocycles. The fourth-order valence-electron chi connectivity index (χ4n) is 2.64. The van der Waals surface area contributed by atoms with Crippen LogP contribution >= 0.6 is 0 Å². The molecule has 6 heteroatoms. The van der Waals surface area contributed by atoms with Crippen LogP contribution in [-0.4, -0.2) is 29.5 Å². The molecule has 0 aliphatic rings. The number of pyridine rings is 2. The van der Waals surface area contributed by atoms with Gasteiger partial charge in [-0.3, -0.25) is 9.78 Å². The molecular formula is C21H22N4O2. The maximum Gasteiger partial charge on any atom is 0.252 e. The number of nitrogen functional groups attached to an aromatic ring is 1. The van der Waals surface area contributed by atoms with Gasteiger partial charge in [0.1, 0.15) is 11.6 Å². The number of amides is 1. The molecule has 0 aliphatic carbocycles. The highest BCUT2D eigenvalue weighted by Crippen LogP contribution is 2.17. The van der Waals surface area contributed by atoms with Gasteiger partial charge in [0, 0.05) is 24.5 Å². The monoisotopic (exact) mass is 362 g/mol. The van der Waals surface area contributed by atoms with E-state index in [9.17, 15) is 4.79 Å². The molecule has 0 bridgehead atoms. The molecule has 0 spiro atoms. The number of anilines is 1. The van der Waals surface area contributed by atoms with Gasteiger partial charge in [-0.2, -0.15) is 0 Å². The van der Waals surface area contributed by atoms with E-state index in [1.807, 2.05) is 30.3 Å². The van der Waals surface area contributed by atoms with Crippen LogP contribution in [0.4, 0.5) is 5.82 Å². The molecule has 0 atom stereocenters. The van der Waals surface area contributed by atoms with E-state index in [1.165, 1.54) is 5.56 Å². The SMILES string of the molecule is COc1ccc(CCCNC(=O)c2ccc(-c3ccc(N)nc3)nc2)cc1. The highest BCUT2D eigenvalue weighted by atomic mass is 16.5. The van der Waals surface area contributed by atoms with Crippen LogP contribution in [0.15, 0.2) is 60.9 Å². The summed E-state index contributed by atoms with van der Waals surface area (Å²) in [6.45, 7) is 0.606. The lowest BCUT2D eigenvalue weighted by Crippen LogP contribution is -2.24. The van der Waals surface area contributed by atoms with Gasteiger partial charge in [0.15, 0.2) is 0 Å². The molecule has 1 aromatic carbocycles. The largest absolute Gasteiger partial charge is 0.497 e. The number of hydrogen-bond acceptors (Lipinski definition) is 5. The third kappa shape index (κ3) is 5.04. The van der Waals surface area contributed by atoms with E-state index in [-0.39, 0.29) is 5.91 Å². The van der Waals surface area contributed by atoms with Crippen molar-refractivity contribution in [3.63, 3.8) is 0 Å². The second-order valence-corrected chi connectivity index (χ2v) is 6.11. The van der Waals surface area contributed by atoms with Crippen molar-refractivity contribution in [3.8, 4) is 17.0 Å². The van der Waals surface area contributed by atoms with Crippen LogP contribution < -0.4 is 15.8 Å². The molecule has 0 radical (unpaired) electrons. The second kappa shape index (κ2) is 8.80. The molecule has 0 aliphatic heterocycles. The molecule has 3 N–H and O–H groups in total. The van der Waals surface area contributed by atoms with Gasteiger partial charge in [-0.1, -0.05) is 12.1 Å². The van der Waals surface area contributed by atoms with Crippen LogP contribution in [0.2, 0.25) is 0 Å². The van der Waals surface area contributed by atoms with Gasteiger partial charge < -0.3 is 15.8 Å². The number of carbonyl (C=O) groups is 1. The van der Waals surface area contributed by atoms with Gasteiger partial charge in [0.05, 0.1) is 18.4 Å². The van der Waals surface area contributed by atoms with Crippen molar-refractivity contribution in [2.75, 3.05) is 19.4 Å². The van der Waals surface area contributed by atoms with Crippen LogP contribution in [0.25, 0.3) is 11.3 Å². The third-order valence-electron chi connectivity index (χ3n) is 4.19. The predicted molar refractivity (Wildman–Crippen MR) is 106 cm³/mol. The number of rotatable bonds is 7. The fraction of sp³-hybridized carbons (Fsp3) is 0.190. The Labute approximate surface area is 158 Å². The minimum absolute atomic E-state index is 0.126. The molecule has 0 unspecified atom stereocenters. The van der Waals surface area contributed by atoms with E-state index in [1.54, 1.807) is 37.7 Å². The third-order valence-corrected chi connectivity index (χ3v) is 4.19. The zero-order valence-electron chi connectivity index (χ0n) is 15.2. The summed E-state index contributed by atoms with van der Waals surface area (Å²) in [6.07, 6.45) is 4.99. The van der Waals surface area contributed by atoms with Gasteiger partial charge in [0.2, 0.25) is 0 Å². The van der Waals surface area contributed by atoms with E-state index in [4.69, 9.17) is 10.5 Å². The van der Waals surface area contributed by atoms with E-state index in [0.29, 0.717) is 17.9 Å². The Balaban J connectivity index is 1.48. The summed E-state index contributed by atoms with van der Waals surface area (Å²) in [4.78, 5) is 20.6. The van der Waals surface area contributed by atoms with Crippen LogP contribution in [0, 0.1) is 0 Å². The molecule has 3 rings (SSSR count). The summed E-state index contributed by atoms with van der Waals surface area (Å²) in [7, 11) is 1.65. The molecule has 0 saturated heterocycles. The zero-order chi connectivity index (χ0) is 19.1. The van der Waals surface area contributed by atoms with E-state index < -0.39 is 0 Å². The summed E-state index contributed by atoms with van der Waals surface area (Å²) in [5, 5.41) is 2.93. The van der Waals surface area contributed by atoms with Crippen molar-refractivity contribution in [1.29, 1.82) is 0 Å². The maximum atomic E-state index is 12.2. The van der Waals surface area contributed by atoms with Gasteiger partial charge in [-0.05, 0) is 54.8 Å². The topological polar surface area (TPSA) is 90.1 Å². The number of methoxy groups -OCH3 is 1. The Hall–Kier alpha value is -3.41. The predicted octanol–water partition coefficient (Wildman–Crippen LogP) is 3.10. The van der Waals surface area contributed by atoms with Crippen molar-refractivity contribution < 1.29 is 9.53 Å². The number of hydrogen-bond donors (Lipinski definition) is 2. The maximum absolute atomic E-state index is 12.2. The Kier molecular flexibility index (Phi) is 5.99. The smallest absolute Gasteiger partial charge is 0.252 e. The van der Waals surface area contributed by atoms with E-state index >= 15 is 0 Å². The van der Waals surface area contributed by atoms with Crippen LogP contribution in [-0.2, 0) is 6.42 Å². The lowest BCUT2D eigenvalue weighted by molar-refractivity contribution is 0.0953.